The molecule has 0 saturated carbocycles. The minimum atomic E-state index is -0.300. The molecule has 6 nitrogen and oxygen atoms in total. The maximum absolute atomic E-state index is 12.3. The average Bonchev–Trinajstić information content (AvgIpc) is 2.65. The molecule has 0 spiro atoms. The number of H-pyrrole nitrogens is 1. The van der Waals surface area contributed by atoms with E-state index in [1.165, 1.54) is 14.2 Å². The summed E-state index contributed by atoms with van der Waals surface area (Å²) in [6.45, 7) is 0. The smallest absolute Gasteiger partial charge is 0.259 e. The molecule has 0 atom stereocenters. The Kier molecular flexibility index (Phi) is 5.05. The average molecular weight is 412 g/mol. The number of nitriles is 1. The van der Waals surface area contributed by atoms with Gasteiger partial charge >= 0.3 is 0 Å². The van der Waals surface area contributed by atoms with Crippen LogP contribution < -0.4 is 15.0 Å². The first-order valence-corrected chi connectivity index (χ1v) is 8.39. The van der Waals surface area contributed by atoms with Crippen molar-refractivity contribution in [1.82, 2.24) is 9.97 Å². The highest BCUT2D eigenvalue weighted by atomic mass is 79.9. The highest BCUT2D eigenvalue weighted by molar-refractivity contribution is 9.10. The van der Waals surface area contributed by atoms with Crippen LogP contribution in [0.4, 0.5) is 0 Å². The zero-order chi connectivity index (χ0) is 18.7. The summed E-state index contributed by atoms with van der Waals surface area (Å²) in [5.74, 6) is 1.19. The van der Waals surface area contributed by atoms with E-state index < -0.39 is 0 Å². The number of rotatable bonds is 4. The molecule has 3 rings (SSSR count). The third-order valence-corrected chi connectivity index (χ3v) is 4.22. The van der Waals surface area contributed by atoms with Gasteiger partial charge < -0.3 is 14.5 Å². The fourth-order valence-corrected chi connectivity index (χ4v) is 3.04. The van der Waals surface area contributed by atoms with E-state index in [9.17, 15) is 10.1 Å². The van der Waals surface area contributed by atoms with Crippen molar-refractivity contribution >= 4 is 38.5 Å². The van der Waals surface area contributed by atoms with E-state index in [4.69, 9.17) is 9.47 Å². The van der Waals surface area contributed by atoms with Crippen LogP contribution in [0.15, 0.2) is 45.7 Å². The first kappa shape index (κ1) is 17.7. The zero-order valence-electron chi connectivity index (χ0n) is 14.0. The van der Waals surface area contributed by atoms with Crippen LogP contribution in [0.3, 0.4) is 0 Å². The van der Waals surface area contributed by atoms with Crippen LogP contribution in [-0.4, -0.2) is 24.2 Å². The lowest BCUT2D eigenvalue weighted by molar-refractivity contribution is 0.354. The number of para-hydroxylation sites is 1. The predicted octanol–water partition coefficient (Wildman–Crippen LogP) is 3.77. The van der Waals surface area contributed by atoms with Crippen molar-refractivity contribution in [3.63, 3.8) is 0 Å². The van der Waals surface area contributed by atoms with Crippen LogP contribution in [-0.2, 0) is 0 Å². The monoisotopic (exact) mass is 411 g/mol. The van der Waals surface area contributed by atoms with E-state index >= 15 is 0 Å². The van der Waals surface area contributed by atoms with E-state index in [0.717, 1.165) is 4.47 Å². The molecule has 0 unspecified atom stereocenters. The molecule has 26 heavy (non-hydrogen) atoms. The van der Waals surface area contributed by atoms with Gasteiger partial charge in [0, 0.05) is 10.0 Å². The molecule has 2 aromatic carbocycles. The number of aromatic nitrogens is 2. The highest BCUT2D eigenvalue weighted by Crippen LogP contribution is 2.36. The van der Waals surface area contributed by atoms with Crippen LogP contribution in [0.25, 0.3) is 22.6 Å². The number of nitrogens with zero attached hydrogens (tertiary/aromatic N) is 2. The molecule has 0 saturated heterocycles. The second kappa shape index (κ2) is 7.42. The lowest BCUT2D eigenvalue weighted by Gasteiger charge is -2.11. The Balaban J connectivity index is 2.21. The van der Waals surface area contributed by atoms with E-state index in [-0.39, 0.29) is 17.0 Å². The molecule has 0 aliphatic heterocycles. The van der Waals surface area contributed by atoms with Crippen molar-refractivity contribution in [1.29, 1.82) is 5.26 Å². The first-order chi connectivity index (χ1) is 12.6. The third-order valence-electron chi connectivity index (χ3n) is 3.76. The molecule has 0 amide bonds. The molecule has 3 aromatic rings. The molecule has 0 aliphatic carbocycles. The van der Waals surface area contributed by atoms with Crippen LogP contribution in [0.1, 0.15) is 11.4 Å². The zero-order valence-corrected chi connectivity index (χ0v) is 15.6. The van der Waals surface area contributed by atoms with Gasteiger partial charge in [0.25, 0.3) is 5.56 Å². The van der Waals surface area contributed by atoms with Gasteiger partial charge in [-0.05, 0) is 30.3 Å². The van der Waals surface area contributed by atoms with Gasteiger partial charge in [-0.1, -0.05) is 28.1 Å². The number of benzene rings is 2. The normalized spacial score (nSPS) is 11.2. The van der Waals surface area contributed by atoms with Gasteiger partial charge in [0.2, 0.25) is 0 Å². The number of aromatic amines is 1. The summed E-state index contributed by atoms with van der Waals surface area (Å²) >= 11 is 3.41. The third kappa shape index (κ3) is 3.32. The number of fused-ring (bicyclic) bond motifs is 1. The first-order valence-electron chi connectivity index (χ1n) is 7.60. The van der Waals surface area contributed by atoms with Crippen molar-refractivity contribution in [2.24, 2.45) is 0 Å². The van der Waals surface area contributed by atoms with Gasteiger partial charge in [-0.3, -0.25) is 4.79 Å². The molecule has 0 fully saturated rings. The van der Waals surface area contributed by atoms with Crippen molar-refractivity contribution in [2.45, 2.75) is 0 Å². The molecule has 1 N–H and O–H groups in total. The van der Waals surface area contributed by atoms with Gasteiger partial charge in [0.05, 0.1) is 30.7 Å². The van der Waals surface area contributed by atoms with Crippen molar-refractivity contribution in [2.75, 3.05) is 14.2 Å². The van der Waals surface area contributed by atoms with Crippen molar-refractivity contribution in [3.8, 4) is 17.6 Å². The summed E-state index contributed by atoms with van der Waals surface area (Å²) in [5.41, 5.74) is 1.04. The number of hydrogen-bond acceptors (Lipinski definition) is 5. The minimum absolute atomic E-state index is 0.192. The SMILES string of the molecule is COc1cc(Br)cc(/C=C(/C#N)c2nc3ccccc3c(=O)[nH]2)c1OC. The van der Waals surface area contributed by atoms with Gasteiger partial charge in [-0.15, -0.1) is 0 Å². The fraction of sp³-hybridized carbons (Fsp3) is 0.105. The Hall–Kier alpha value is -3.11. The van der Waals surface area contributed by atoms with Crippen LogP contribution in [0.5, 0.6) is 11.5 Å². The molecule has 0 radical (unpaired) electrons. The summed E-state index contributed by atoms with van der Waals surface area (Å²) in [5, 5.41) is 10.1. The van der Waals surface area contributed by atoms with Gasteiger partial charge in [0.1, 0.15) is 6.07 Å². The topological polar surface area (TPSA) is 88.0 Å². The summed E-state index contributed by atoms with van der Waals surface area (Å²) in [4.78, 5) is 19.3. The Morgan fingerprint density at radius 2 is 2.04 bits per heavy atom. The summed E-state index contributed by atoms with van der Waals surface area (Å²) in [6.07, 6.45) is 1.60. The maximum Gasteiger partial charge on any atom is 0.259 e. The molecule has 130 valence electrons. The Morgan fingerprint density at radius 3 is 2.73 bits per heavy atom. The van der Waals surface area contributed by atoms with Gasteiger partial charge in [0.15, 0.2) is 17.3 Å². The molecule has 7 heteroatoms. The van der Waals surface area contributed by atoms with Crippen molar-refractivity contribution in [3.05, 3.63) is 62.6 Å². The minimum Gasteiger partial charge on any atom is -0.493 e. The van der Waals surface area contributed by atoms with Gasteiger partial charge in [-0.2, -0.15) is 5.26 Å². The second-order valence-corrected chi connectivity index (χ2v) is 6.25. The van der Waals surface area contributed by atoms with E-state index in [2.05, 4.69) is 32.0 Å². The van der Waals surface area contributed by atoms with E-state index in [1.54, 1.807) is 42.5 Å². The number of nitrogens with one attached hydrogen (secondary N) is 1. The molecule has 1 aromatic heterocycles. The molecular weight excluding hydrogens is 398 g/mol. The number of hydrogen-bond donors (Lipinski definition) is 1. The van der Waals surface area contributed by atoms with Crippen molar-refractivity contribution < 1.29 is 9.47 Å². The summed E-state index contributed by atoms with van der Waals surface area (Å²) in [6, 6.07) is 12.6. The van der Waals surface area contributed by atoms with Crippen LogP contribution in [0.2, 0.25) is 0 Å². The number of ether oxygens (including phenoxy) is 2. The molecule has 0 bridgehead atoms. The highest BCUT2D eigenvalue weighted by Gasteiger charge is 2.13. The second-order valence-electron chi connectivity index (χ2n) is 5.33. The predicted molar refractivity (Wildman–Crippen MR) is 103 cm³/mol. The summed E-state index contributed by atoms with van der Waals surface area (Å²) in [7, 11) is 3.05. The summed E-state index contributed by atoms with van der Waals surface area (Å²) < 4.78 is 11.5. The fourth-order valence-electron chi connectivity index (χ4n) is 2.59. The molecule has 0 aliphatic rings. The maximum atomic E-state index is 12.3. The number of methoxy groups -OCH3 is 2. The standard InChI is InChI=1S/C19H14BrN3O3/c1-25-16-9-13(20)8-11(17(16)26-2)7-12(10-21)18-22-15-6-4-3-5-14(15)19(24)23-18/h3-9H,1-2H3,(H,22,23,24)/b12-7-. The lowest BCUT2D eigenvalue weighted by Crippen LogP contribution is -2.11. The molecule has 1 heterocycles. The number of halogens is 1. The Bertz CT molecular complexity index is 1110. The van der Waals surface area contributed by atoms with Gasteiger partial charge in [-0.25, -0.2) is 4.98 Å². The Labute approximate surface area is 157 Å². The largest absolute Gasteiger partial charge is 0.493 e. The van der Waals surface area contributed by atoms with E-state index in [0.29, 0.717) is 28.0 Å². The van der Waals surface area contributed by atoms with Crippen LogP contribution >= 0.6 is 15.9 Å². The van der Waals surface area contributed by atoms with Crippen LogP contribution in [0, 0.1) is 11.3 Å². The Morgan fingerprint density at radius 1 is 1.27 bits per heavy atom. The quantitative estimate of drug-likeness (QED) is 0.660. The molecular formula is C19H14BrN3O3. The number of allylic oxidation sites excluding steroid dienone is 1. The lowest BCUT2D eigenvalue weighted by atomic mass is 10.1. The van der Waals surface area contributed by atoms with E-state index in [1.807, 2.05) is 0 Å².